The number of rotatable bonds is 4. The van der Waals surface area contributed by atoms with Gasteiger partial charge in [0.1, 0.15) is 0 Å². The maximum absolute atomic E-state index is 11.5. The lowest BCUT2D eigenvalue weighted by molar-refractivity contribution is -0.142. The van der Waals surface area contributed by atoms with Crippen LogP contribution in [0.1, 0.15) is 33.1 Å². The van der Waals surface area contributed by atoms with Gasteiger partial charge in [-0.25, -0.2) is 0 Å². The lowest BCUT2D eigenvalue weighted by Crippen LogP contribution is -2.51. The molecule has 0 aromatic rings. The molecule has 0 aromatic carbocycles. The third-order valence-electron chi connectivity index (χ3n) is 2.26. The number of Topliss-reactive ketones (excluding diaryl/α,β-unsaturated/α-hetero) is 1. The van der Waals surface area contributed by atoms with Crippen molar-refractivity contribution >= 4 is 5.78 Å². The standard InChI is InChI=1S/C9H17NO2/c1-3-8(11)9(10-4-2)6-5-7-12-9/h10H,3-7H2,1-2H3/t9-/m1/s1. The molecule has 1 aliphatic heterocycles. The Morgan fingerprint density at radius 2 is 2.33 bits per heavy atom. The highest BCUT2D eigenvalue weighted by Crippen LogP contribution is 2.24. The molecule has 70 valence electrons. The minimum Gasteiger partial charge on any atom is -0.353 e. The van der Waals surface area contributed by atoms with Crippen molar-refractivity contribution in [3.63, 3.8) is 0 Å². The van der Waals surface area contributed by atoms with Crippen LogP contribution < -0.4 is 5.32 Å². The number of hydrogen-bond donors (Lipinski definition) is 1. The van der Waals surface area contributed by atoms with Crippen LogP contribution >= 0.6 is 0 Å². The predicted molar refractivity (Wildman–Crippen MR) is 46.9 cm³/mol. The van der Waals surface area contributed by atoms with Crippen LogP contribution in [0.5, 0.6) is 0 Å². The van der Waals surface area contributed by atoms with E-state index in [2.05, 4.69) is 5.32 Å². The van der Waals surface area contributed by atoms with Gasteiger partial charge in [0.25, 0.3) is 0 Å². The van der Waals surface area contributed by atoms with Crippen LogP contribution in [0.3, 0.4) is 0 Å². The highest BCUT2D eigenvalue weighted by atomic mass is 16.5. The molecule has 0 bridgehead atoms. The zero-order chi connectivity index (χ0) is 9.03. The Morgan fingerprint density at radius 3 is 2.75 bits per heavy atom. The first kappa shape index (κ1) is 9.68. The van der Waals surface area contributed by atoms with E-state index < -0.39 is 5.72 Å². The first-order chi connectivity index (χ1) is 5.75. The lowest BCUT2D eigenvalue weighted by Gasteiger charge is -2.26. The van der Waals surface area contributed by atoms with Gasteiger partial charge in [-0.3, -0.25) is 10.1 Å². The van der Waals surface area contributed by atoms with E-state index >= 15 is 0 Å². The van der Waals surface area contributed by atoms with Gasteiger partial charge in [-0.2, -0.15) is 0 Å². The van der Waals surface area contributed by atoms with Crippen molar-refractivity contribution in [2.24, 2.45) is 0 Å². The van der Waals surface area contributed by atoms with Crippen molar-refractivity contribution in [1.29, 1.82) is 0 Å². The van der Waals surface area contributed by atoms with Crippen molar-refractivity contribution in [2.75, 3.05) is 13.2 Å². The molecule has 0 spiro atoms. The number of carbonyl (C=O) groups excluding carboxylic acids is 1. The number of hydrogen-bond acceptors (Lipinski definition) is 3. The van der Waals surface area contributed by atoms with E-state index in [1.54, 1.807) is 0 Å². The molecule has 1 saturated heterocycles. The van der Waals surface area contributed by atoms with Gasteiger partial charge in [0.05, 0.1) is 0 Å². The van der Waals surface area contributed by atoms with E-state index in [0.717, 1.165) is 19.4 Å². The monoisotopic (exact) mass is 171 g/mol. The average molecular weight is 171 g/mol. The normalized spacial score (nSPS) is 29.2. The zero-order valence-electron chi connectivity index (χ0n) is 7.85. The molecule has 0 amide bonds. The van der Waals surface area contributed by atoms with Gasteiger partial charge in [0.15, 0.2) is 11.5 Å². The summed E-state index contributed by atoms with van der Waals surface area (Å²) in [6.45, 7) is 5.36. The summed E-state index contributed by atoms with van der Waals surface area (Å²) in [6, 6.07) is 0. The molecule has 0 saturated carbocycles. The number of ketones is 1. The Kier molecular flexibility index (Phi) is 3.23. The molecule has 0 radical (unpaired) electrons. The fourth-order valence-electron chi connectivity index (χ4n) is 1.67. The third-order valence-corrected chi connectivity index (χ3v) is 2.26. The second-order valence-electron chi connectivity index (χ2n) is 3.09. The molecule has 1 aliphatic rings. The van der Waals surface area contributed by atoms with Crippen LogP contribution in [0.4, 0.5) is 0 Å². The van der Waals surface area contributed by atoms with E-state index in [1.165, 1.54) is 0 Å². The van der Waals surface area contributed by atoms with Gasteiger partial charge in [-0.15, -0.1) is 0 Å². The van der Waals surface area contributed by atoms with Gasteiger partial charge in [-0.1, -0.05) is 13.8 Å². The topological polar surface area (TPSA) is 38.3 Å². The van der Waals surface area contributed by atoms with Crippen molar-refractivity contribution in [3.05, 3.63) is 0 Å². The molecular weight excluding hydrogens is 154 g/mol. The number of likely N-dealkylation sites (N-methyl/N-ethyl adjacent to an activating group) is 1. The van der Waals surface area contributed by atoms with Gasteiger partial charge < -0.3 is 4.74 Å². The summed E-state index contributed by atoms with van der Waals surface area (Å²) >= 11 is 0. The Labute approximate surface area is 73.5 Å². The lowest BCUT2D eigenvalue weighted by atomic mass is 10.0. The summed E-state index contributed by atoms with van der Waals surface area (Å²) in [5, 5.41) is 3.14. The fraction of sp³-hybridized carbons (Fsp3) is 0.889. The minimum atomic E-state index is -0.635. The fourth-order valence-corrected chi connectivity index (χ4v) is 1.67. The van der Waals surface area contributed by atoms with Crippen molar-refractivity contribution in [3.8, 4) is 0 Å². The third kappa shape index (κ3) is 1.67. The Bertz CT molecular complexity index is 162. The summed E-state index contributed by atoms with van der Waals surface area (Å²) in [7, 11) is 0. The molecule has 3 nitrogen and oxygen atoms in total. The van der Waals surface area contributed by atoms with Crippen LogP contribution in [-0.2, 0) is 9.53 Å². The Balaban J connectivity index is 2.64. The van der Waals surface area contributed by atoms with Crippen LogP contribution in [0, 0.1) is 0 Å². The number of ether oxygens (including phenoxy) is 1. The van der Waals surface area contributed by atoms with Crippen molar-refractivity contribution in [2.45, 2.75) is 38.8 Å². The van der Waals surface area contributed by atoms with Gasteiger partial charge in [0, 0.05) is 13.0 Å². The first-order valence-corrected chi connectivity index (χ1v) is 4.67. The smallest absolute Gasteiger partial charge is 0.179 e. The molecule has 1 heterocycles. The molecule has 1 N–H and O–H groups in total. The van der Waals surface area contributed by atoms with Gasteiger partial charge >= 0.3 is 0 Å². The van der Waals surface area contributed by atoms with Crippen LogP contribution in [-0.4, -0.2) is 24.7 Å². The average Bonchev–Trinajstić information content (AvgIpc) is 2.53. The van der Waals surface area contributed by atoms with Crippen LogP contribution in [0.2, 0.25) is 0 Å². The maximum atomic E-state index is 11.5. The number of nitrogens with one attached hydrogen (secondary N) is 1. The molecule has 1 fully saturated rings. The predicted octanol–water partition coefficient (Wildman–Crippen LogP) is 1.08. The van der Waals surface area contributed by atoms with Crippen LogP contribution in [0.25, 0.3) is 0 Å². The highest BCUT2D eigenvalue weighted by Gasteiger charge is 2.40. The molecule has 1 rings (SSSR count). The SMILES string of the molecule is CCN[C@]1(C(=O)CC)CCCO1. The Morgan fingerprint density at radius 1 is 1.58 bits per heavy atom. The van der Waals surface area contributed by atoms with Crippen molar-refractivity contribution in [1.82, 2.24) is 5.32 Å². The molecule has 3 heteroatoms. The maximum Gasteiger partial charge on any atom is 0.179 e. The molecule has 0 unspecified atom stereocenters. The molecular formula is C9H17NO2. The second-order valence-corrected chi connectivity index (χ2v) is 3.09. The first-order valence-electron chi connectivity index (χ1n) is 4.67. The van der Waals surface area contributed by atoms with E-state index in [0.29, 0.717) is 13.0 Å². The largest absolute Gasteiger partial charge is 0.353 e. The molecule has 12 heavy (non-hydrogen) atoms. The molecule has 0 aromatic heterocycles. The quantitative estimate of drug-likeness (QED) is 0.688. The van der Waals surface area contributed by atoms with Crippen molar-refractivity contribution < 1.29 is 9.53 Å². The summed E-state index contributed by atoms with van der Waals surface area (Å²) in [4.78, 5) is 11.5. The van der Waals surface area contributed by atoms with E-state index in [9.17, 15) is 4.79 Å². The van der Waals surface area contributed by atoms with Gasteiger partial charge in [-0.05, 0) is 19.4 Å². The summed E-state index contributed by atoms with van der Waals surface area (Å²) in [5.41, 5.74) is -0.635. The number of carbonyl (C=O) groups is 1. The second kappa shape index (κ2) is 4.01. The summed E-state index contributed by atoms with van der Waals surface area (Å²) in [6.07, 6.45) is 2.36. The highest BCUT2D eigenvalue weighted by molar-refractivity contribution is 5.86. The molecule has 0 aliphatic carbocycles. The Hall–Kier alpha value is -0.410. The van der Waals surface area contributed by atoms with E-state index in [1.807, 2.05) is 13.8 Å². The minimum absolute atomic E-state index is 0.182. The van der Waals surface area contributed by atoms with Crippen LogP contribution in [0.15, 0.2) is 0 Å². The summed E-state index contributed by atoms with van der Waals surface area (Å²) < 4.78 is 5.47. The van der Waals surface area contributed by atoms with E-state index in [-0.39, 0.29) is 5.78 Å². The molecule has 1 atom stereocenters. The summed E-state index contributed by atoms with van der Waals surface area (Å²) in [5.74, 6) is 0.182. The zero-order valence-corrected chi connectivity index (χ0v) is 7.85. The van der Waals surface area contributed by atoms with Gasteiger partial charge in [0.2, 0.25) is 0 Å². The van der Waals surface area contributed by atoms with E-state index in [4.69, 9.17) is 4.74 Å².